The van der Waals surface area contributed by atoms with Crippen molar-refractivity contribution in [2.75, 3.05) is 0 Å². The molecule has 21 heavy (non-hydrogen) atoms. The van der Waals surface area contributed by atoms with Crippen LogP contribution in [0, 0.1) is 0 Å². The summed E-state index contributed by atoms with van der Waals surface area (Å²) in [6.45, 7) is 0. The van der Waals surface area contributed by atoms with Crippen LogP contribution in [0.3, 0.4) is 0 Å². The number of aromatic carboxylic acids is 2. The van der Waals surface area contributed by atoms with Crippen molar-refractivity contribution in [3.63, 3.8) is 0 Å². The third-order valence-electron chi connectivity index (χ3n) is 4.45. The molecule has 0 aliphatic heterocycles. The molecule has 0 atom stereocenters. The summed E-state index contributed by atoms with van der Waals surface area (Å²) in [5, 5.41) is 28.5. The Morgan fingerprint density at radius 3 is 2.14 bits per heavy atom. The number of rotatable bonds is 2. The van der Waals surface area contributed by atoms with Gasteiger partial charge in [-0.15, -0.1) is 0 Å². The maximum absolute atomic E-state index is 11.5. The van der Waals surface area contributed by atoms with E-state index >= 15 is 0 Å². The van der Waals surface area contributed by atoms with Gasteiger partial charge >= 0.3 is 11.9 Å². The monoisotopic (exact) mass is 288 g/mol. The summed E-state index contributed by atoms with van der Waals surface area (Å²) in [5.74, 6) is -3.21. The van der Waals surface area contributed by atoms with Gasteiger partial charge in [0.25, 0.3) is 0 Å². The van der Waals surface area contributed by atoms with Gasteiger partial charge in [0.05, 0.1) is 0 Å². The highest BCUT2D eigenvalue weighted by Crippen LogP contribution is 2.40. The van der Waals surface area contributed by atoms with Gasteiger partial charge in [0.2, 0.25) is 0 Å². The minimum atomic E-state index is -1.30. The molecule has 3 rings (SSSR count). The Bertz CT molecular complexity index is 684. The quantitative estimate of drug-likeness (QED) is 0.727. The zero-order chi connectivity index (χ0) is 15.1. The Morgan fingerprint density at radius 1 is 0.952 bits per heavy atom. The van der Waals surface area contributed by atoms with E-state index in [0.29, 0.717) is 18.4 Å². The van der Waals surface area contributed by atoms with E-state index in [0.717, 1.165) is 31.2 Å². The number of aromatic hydroxyl groups is 1. The average molecular weight is 288 g/mol. The number of hydrogen-bond acceptors (Lipinski definition) is 3. The summed E-state index contributed by atoms with van der Waals surface area (Å²) in [7, 11) is 0. The molecule has 2 aliphatic carbocycles. The zero-order valence-electron chi connectivity index (χ0n) is 11.5. The van der Waals surface area contributed by atoms with Gasteiger partial charge in [-0.2, -0.15) is 0 Å². The first-order valence-corrected chi connectivity index (χ1v) is 7.03. The molecule has 0 spiro atoms. The number of carboxylic acid groups (broad SMARTS) is 2. The summed E-state index contributed by atoms with van der Waals surface area (Å²) >= 11 is 0. The molecule has 0 bridgehead atoms. The number of carboxylic acids is 2. The highest BCUT2D eigenvalue weighted by molar-refractivity contribution is 6.00. The van der Waals surface area contributed by atoms with Crippen molar-refractivity contribution in [3.05, 3.63) is 39.5 Å². The lowest BCUT2D eigenvalue weighted by atomic mass is 9.77. The normalized spacial score (nSPS) is 17.1. The van der Waals surface area contributed by atoms with E-state index in [1.54, 1.807) is 0 Å². The van der Waals surface area contributed by atoms with Crippen LogP contribution >= 0.6 is 0 Å². The SMILES string of the molecule is O=C(O)c1cc2c(c(C(=O)O)c1O)CC1=C(CCCC1)C2. The summed E-state index contributed by atoms with van der Waals surface area (Å²) < 4.78 is 0. The predicted molar refractivity (Wildman–Crippen MR) is 74.9 cm³/mol. The molecule has 1 aromatic rings. The topological polar surface area (TPSA) is 94.8 Å². The standard InChI is InChI=1S/C16H16O5/c17-14-12(15(18)19)7-10-5-8-3-1-2-4-9(8)6-11(10)13(14)16(20)21/h7,17H,1-6H2,(H,18,19)(H,20,21). The maximum atomic E-state index is 11.5. The van der Waals surface area contributed by atoms with E-state index in [-0.39, 0.29) is 11.1 Å². The molecule has 0 saturated heterocycles. The largest absolute Gasteiger partial charge is 0.506 e. The molecule has 5 nitrogen and oxygen atoms in total. The maximum Gasteiger partial charge on any atom is 0.339 e. The second kappa shape index (κ2) is 4.91. The second-order valence-electron chi connectivity index (χ2n) is 5.66. The summed E-state index contributed by atoms with van der Waals surface area (Å²) in [6.07, 6.45) is 5.32. The lowest BCUT2D eigenvalue weighted by Gasteiger charge is -2.28. The second-order valence-corrected chi connectivity index (χ2v) is 5.66. The van der Waals surface area contributed by atoms with Crippen LogP contribution in [0.2, 0.25) is 0 Å². The van der Waals surface area contributed by atoms with E-state index in [1.165, 1.54) is 17.2 Å². The fraction of sp³-hybridized carbons (Fsp3) is 0.375. The third-order valence-corrected chi connectivity index (χ3v) is 4.45. The van der Waals surface area contributed by atoms with Crippen LogP contribution in [0.15, 0.2) is 17.2 Å². The average Bonchev–Trinajstić information content (AvgIpc) is 2.43. The highest BCUT2D eigenvalue weighted by Gasteiger charge is 2.29. The van der Waals surface area contributed by atoms with E-state index in [4.69, 9.17) is 5.11 Å². The van der Waals surface area contributed by atoms with Gasteiger partial charge in [-0.25, -0.2) is 9.59 Å². The summed E-state index contributed by atoms with van der Waals surface area (Å²) in [5.41, 5.74) is 3.30. The van der Waals surface area contributed by atoms with Crippen LogP contribution in [-0.2, 0) is 12.8 Å². The van der Waals surface area contributed by atoms with E-state index in [9.17, 15) is 19.8 Å². The Hall–Kier alpha value is -2.30. The lowest BCUT2D eigenvalue weighted by Crippen LogP contribution is -2.18. The van der Waals surface area contributed by atoms with Crippen molar-refractivity contribution in [2.24, 2.45) is 0 Å². The first kappa shape index (κ1) is 13.7. The smallest absolute Gasteiger partial charge is 0.339 e. The summed E-state index contributed by atoms with van der Waals surface area (Å²) in [4.78, 5) is 22.7. The first-order valence-electron chi connectivity index (χ1n) is 7.03. The molecular formula is C16H16O5. The number of benzene rings is 1. The number of hydrogen-bond donors (Lipinski definition) is 3. The van der Waals surface area contributed by atoms with Gasteiger partial charge in [0.1, 0.15) is 16.9 Å². The number of phenols is 1. The van der Waals surface area contributed by atoms with Crippen LogP contribution < -0.4 is 0 Å². The Kier molecular flexibility index (Phi) is 3.20. The van der Waals surface area contributed by atoms with Gasteiger partial charge in [0, 0.05) is 0 Å². The van der Waals surface area contributed by atoms with Gasteiger partial charge in [-0.1, -0.05) is 11.1 Å². The van der Waals surface area contributed by atoms with Gasteiger partial charge < -0.3 is 15.3 Å². The lowest BCUT2D eigenvalue weighted by molar-refractivity contribution is 0.0690. The third kappa shape index (κ3) is 2.18. The van der Waals surface area contributed by atoms with Crippen LogP contribution in [0.4, 0.5) is 0 Å². The molecule has 0 radical (unpaired) electrons. The van der Waals surface area contributed by atoms with Crippen molar-refractivity contribution in [1.29, 1.82) is 0 Å². The Labute approximate surface area is 121 Å². The molecule has 0 amide bonds. The van der Waals surface area contributed by atoms with Crippen molar-refractivity contribution in [2.45, 2.75) is 38.5 Å². The van der Waals surface area contributed by atoms with E-state index < -0.39 is 17.7 Å². The van der Waals surface area contributed by atoms with E-state index in [1.807, 2.05) is 0 Å². The predicted octanol–water partition coefficient (Wildman–Crippen LogP) is 2.76. The van der Waals surface area contributed by atoms with Crippen molar-refractivity contribution < 1.29 is 24.9 Å². The molecule has 0 fully saturated rings. The molecule has 0 heterocycles. The number of allylic oxidation sites excluding steroid dienone is 2. The zero-order valence-corrected chi connectivity index (χ0v) is 11.5. The number of carbonyl (C=O) groups is 2. The van der Waals surface area contributed by atoms with Crippen molar-refractivity contribution in [3.8, 4) is 5.75 Å². The Morgan fingerprint density at radius 2 is 1.57 bits per heavy atom. The molecule has 0 aromatic heterocycles. The van der Waals surface area contributed by atoms with Crippen LogP contribution in [0.25, 0.3) is 0 Å². The van der Waals surface area contributed by atoms with Crippen molar-refractivity contribution >= 4 is 11.9 Å². The molecule has 0 unspecified atom stereocenters. The Balaban J connectivity index is 2.18. The molecule has 2 aliphatic rings. The molecule has 110 valence electrons. The molecule has 3 N–H and O–H groups in total. The summed E-state index contributed by atoms with van der Waals surface area (Å²) in [6, 6.07) is 1.43. The molecular weight excluding hydrogens is 272 g/mol. The van der Waals surface area contributed by atoms with Gasteiger partial charge in [-0.3, -0.25) is 0 Å². The van der Waals surface area contributed by atoms with Crippen LogP contribution in [0.5, 0.6) is 5.75 Å². The van der Waals surface area contributed by atoms with Crippen LogP contribution in [-0.4, -0.2) is 27.3 Å². The highest BCUT2D eigenvalue weighted by atomic mass is 16.4. The fourth-order valence-electron chi connectivity index (χ4n) is 3.42. The van der Waals surface area contributed by atoms with Gasteiger partial charge in [0.15, 0.2) is 0 Å². The fourth-order valence-corrected chi connectivity index (χ4v) is 3.42. The van der Waals surface area contributed by atoms with Crippen molar-refractivity contribution in [1.82, 2.24) is 0 Å². The number of fused-ring (bicyclic) bond motifs is 1. The molecule has 0 saturated carbocycles. The molecule has 5 heteroatoms. The van der Waals surface area contributed by atoms with E-state index in [2.05, 4.69) is 0 Å². The minimum absolute atomic E-state index is 0.248. The first-order chi connectivity index (χ1) is 9.99. The molecule has 1 aromatic carbocycles. The van der Waals surface area contributed by atoms with Crippen LogP contribution in [0.1, 0.15) is 57.5 Å². The minimum Gasteiger partial charge on any atom is -0.506 e. The van der Waals surface area contributed by atoms with Gasteiger partial charge in [-0.05, 0) is 55.7 Å².